The maximum absolute atomic E-state index is 11.7. The van der Waals surface area contributed by atoms with E-state index in [1.165, 1.54) is 34.1 Å². The number of alkyl halides is 2. The van der Waals surface area contributed by atoms with Crippen molar-refractivity contribution in [3.05, 3.63) is 72.8 Å². The van der Waals surface area contributed by atoms with Gasteiger partial charge in [-0.2, -0.15) is 0 Å². The predicted octanol–water partition coefficient (Wildman–Crippen LogP) is 5.57. The van der Waals surface area contributed by atoms with Crippen LogP contribution >= 0.6 is 72.0 Å². The van der Waals surface area contributed by atoms with Crippen molar-refractivity contribution in [2.24, 2.45) is 0 Å². The molecule has 0 radical (unpaired) electrons. The van der Waals surface area contributed by atoms with Crippen molar-refractivity contribution in [1.82, 2.24) is 0 Å². The van der Waals surface area contributed by atoms with E-state index in [1.54, 1.807) is 23.5 Å². The molecule has 2 heterocycles. The lowest BCUT2D eigenvalue weighted by Gasteiger charge is -2.03. The second kappa shape index (κ2) is 17.7. The Bertz CT molecular complexity index is 1510. The lowest BCUT2D eigenvalue weighted by Crippen LogP contribution is -2.18. The average Bonchev–Trinajstić information content (AvgIpc) is 3.19. The SMILES string of the molecule is O=C(CCl)CCl.O=C1CS(=O)(=O)c2ccccc2S(=O)(=O)C1.O=C1CSc2ccccc2SC1.Sc1ccccc1S. The van der Waals surface area contributed by atoms with Gasteiger partial charge in [-0.05, 0) is 36.4 Å². The first-order chi connectivity index (χ1) is 19.8. The van der Waals surface area contributed by atoms with Gasteiger partial charge in [-0.15, -0.1) is 72.0 Å². The van der Waals surface area contributed by atoms with Crippen LogP contribution in [0.3, 0.4) is 0 Å². The van der Waals surface area contributed by atoms with Gasteiger partial charge in [0.1, 0.15) is 11.5 Å². The standard InChI is InChI=1S/C9H8O5S2.C9H8OS2.C6H6S2.C3H4Cl2O/c10-7-5-15(11,12)8-3-1-2-4-9(8)16(13,14)6-7;10-7-5-11-8-3-1-2-4-9(8)12-6-7;7-5-3-1-2-4-6(5)8;4-1-3(6)2-5/h1-4H,5-6H2;1-4H,5-6H2;1-4,7-8H;1-2H2. The molecule has 0 fully saturated rings. The van der Waals surface area contributed by atoms with Crippen molar-refractivity contribution in [3.63, 3.8) is 0 Å². The smallest absolute Gasteiger partial charge is 0.186 e. The van der Waals surface area contributed by atoms with E-state index in [2.05, 4.69) is 37.4 Å². The first-order valence-electron chi connectivity index (χ1n) is 11.8. The number of carbonyl (C=O) groups excluding carboxylic acids is 3. The zero-order valence-electron chi connectivity index (χ0n) is 21.8. The van der Waals surface area contributed by atoms with Gasteiger partial charge in [0.2, 0.25) is 0 Å². The van der Waals surface area contributed by atoms with Crippen LogP contribution in [0.2, 0.25) is 0 Å². The van der Waals surface area contributed by atoms with E-state index < -0.39 is 37.0 Å². The first-order valence-corrected chi connectivity index (χ1v) is 19.1. The lowest BCUT2D eigenvalue weighted by molar-refractivity contribution is -0.115. The number of hydrogen-bond acceptors (Lipinski definition) is 11. The molecule has 2 aliphatic rings. The molecule has 15 heteroatoms. The maximum atomic E-state index is 11.7. The summed E-state index contributed by atoms with van der Waals surface area (Å²) in [5, 5.41) is 0. The van der Waals surface area contributed by atoms with Crippen LogP contribution in [0.1, 0.15) is 0 Å². The maximum Gasteiger partial charge on any atom is 0.186 e. The van der Waals surface area contributed by atoms with E-state index >= 15 is 0 Å². The molecule has 0 unspecified atom stereocenters. The molecule has 0 atom stereocenters. The Hall–Kier alpha value is -1.45. The van der Waals surface area contributed by atoms with Crippen molar-refractivity contribution < 1.29 is 31.2 Å². The topological polar surface area (TPSA) is 119 Å². The summed E-state index contributed by atoms with van der Waals surface area (Å²) in [4.78, 5) is 36.0. The minimum absolute atomic E-state index is 0.0312. The Kier molecular flexibility index (Phi) is 15.5. The molecule has 0 bridgehead atoms. The monoisotopic (exact) mass is 724 g/mol. The van der Waals surface area contributed by atoms with Crippen LogP contribution < -0.4 is 0 Å². The summed E-state index contributed by atoms with van der Waals surface area (Å²) in [7, 11) is -7.65. The van der Waals surface area contributed by atoms with Gasteiger partial charge in [0.05, 0.1) is 33.1 Å². The van der Waals surface area contributed by atoms with E-state index in [0.717, 1.165) is 9.79 Å². The Balaban J connectivity index is 0.000000209. The number of halogens is 2. The van der Waals surface area contributed by atoms with Gasteiger partial charge >= 0.3 is 0 Å². The van der Waals surface area contributed by atoms with Crippen LogP contribution in [0.15, 0.2) is 102 Å². The van der Waals surface area contributed by atoms with Gasteiger partial charge < -0.3 is 0 Å². The fourth-order valence-electron chi connectivity index (χ4n) is 3.13. The van der Waals surface area contributed by atoms with E-state index in [0.29, 0.717) is 17.3 Å². The Labute approximate surface area is 275 Å². The summed E-state index contributed by atoms with van der Waals surface area (Å²) in [5.41, 5.74) is 0. The van der Waals surface area contributed by atoms with Gasteiger partial charge in [0, 0.05) is 19.6 Å². The third kappa shape index (κ3) is 11.9. The van der Waals surface area contributed by atoms with Crippen LogP contribution in [0, 0.1) is 0 Å². The molecule has 0 aromatic heterocycles. The number of hydrogen-bond donors (Lipinski definition) is 2. The highest BCUT2D eigenvalue weighted by atomic mass is 35.5. The van der Waals surface area contributed by atoms with Crippen LogP contribution in [-0.2, 0) is 34.1 Å². The highest BCUT2D eigenvalue weighted by Gasteiger charge is 2.34. The van der Waals surface area contributed by atoms with E-state index in [9.17, 15) is 31.2 Å². The van der Waals surface area contributed by atoms with E-state index in [4.69, 9.17) is 23.2 Å². The normalized spacial score (nSPS) is 16.2. The number of thioether (sulfide) groups is 2. The molecule has 0 amide bonds. The predicted molar refractivity (Wildman–Crippen MR) is 176 cm³/mol. The highest BCUT2D eigenvalue weighted by molar-refractivity contribution is 8.04. The van der Waals surface area contributed by atoms with Crippen LogP contribution in [0.5, 0.6) is 0 Å². The summed E-state index contributed by atoms with van der Waals surface area (Å²) in [6.45, 7) is 0. The molecule has 3 aromatic carbocycles. The molecule has 0 aliphatic carbocycles. The molecular weight excluding hydrogens is 700 g/mol. The molecule has 7 nitrogen and oxygen atoms in total. The summed E-state index contributed by atoms with van der Waals surface area (Å²) < 4.78 is 46.8. The van der Waals surface area contributed by atoms with E-state index in [-0.39, 0.29) is 27.3 Å². The molecule has 42 heavy (non-hydrogen) atoms. The zero-order chi connectivity index (χ0) is 31.3. The molecule has 2 aliphatic heterocycles. The second-order valence-corrected chi connectivity index (χ2v) is 15.8. The van der Waals surface area contributed by atoms with E-state index in [1.807, 2.05) is 36.4 Å². The van der Waals surface area contributed by atoms with Crippen molar-refractivity contribution in [2.75, 3.05) is 34.8 Å². The van der Waals surface area contributed by atoms with Crippen molar-refractivity contribution in [1.29, 1.82) is 0 Å². The third-order valence-electron chi connectivity index (χ3n) is 5.03. The number of thiol groups is 2. The number of rotatable bonds is 2. The van der Waals surface area contributed by atoms with Crippen LogP contribution in [-0.4, -0.2) is 69.0 Å². The largest absolute Gasteiger partial charge is 0.298 e. The number of Topliss-reactive ketones (excluding diaryl/α,β-unsaturated/α-hetero) is 3. The van der Waals surface area contributed by atoms with Crippen LogP contribution in [0.4, 0.5) is 0 Å². The molecule has 0 saturated carbocycles. The minimum atomic E-state index is -3.83. The third-order valence-corrected chi connectivity index (χ3v) is 12.6. The Morgan fingerprint density at radius 1 is 0.643 bits per heavy atom. The molecule has 5 rings (SSSR count). The molecule has 226 valence electrons. The summed E-state index contributed by atoms with van der Waals surface area (Å²) in [6, 6.07) is 21.1. The van der Waals surface area contributed by atoms with Crippen molar-refractivity contribution >= 4 is 109 Å². The molecular formula is C27H26Cl2O7S6. The number of ketones is 3. The fraction of sp³-hybridized carbons (Fsp3) is 0.222. The summed E-state index contributed by atoms with van der Waals surface area (Å²) in [5.74, 6) is -0.760. The average molecular weight is 726 g/mol. The Morgan fingerprint density at radius 2 is 1.00 bits per heavy atom. The summed E-state index contributed by atoms with van der Waals surface area (Å²) >= 11 is 21.6. The first kappa shape index (κ1) is 36.7. The number of sulfone groups is 2. The van der Waals surface area contributed by atoms with Gasteiger partial charge in [0.15, 0.2) is 37.0 Å². The van der Waals surface area contributed by atoms with Gasteiger partial charge in [-0.25, -0.2) is 16.8 Å². The van der Waals surface area contributed by atoms with Gasteiger partial charge in [-0.3, -0.25) is 14.4 Å². The lowest BCUT2D eigenvalue weighted by atomic mass is 10.4. The molecule has 0 saturated heterocycles. The number of benzene rings is 3. The molecule has 3 aromatic rings. The number of fused-ring (bicyclic) bond motifs is 2. The van der Waals surface area contributed by atoms with Gasteiger partial charge in [-0.1, -0.05) is 36.4 Å². The summed E-state index contributed by atoms with van der Waals surface area (Å²) in [6.07, 6.45) is 0. The zero-order valence-corrected chi connectivity index (χ0v) is 28.4. The molecule has 0 N–H and O–H groups in total. The number of carbonyl (C=O) groups is 3. The second-order valence-electron chi connectivity index (χ2n) is 8.36. The van der Waals surface area contributed by atoms with Crippen LogP contribution in [0.25, 0.3) is 0 Å². The quantitative estimate of drug-likeness (QED) is 0.258. The highest BCUT2D eigenvalue weighted by Crippen LogP contribution is 2.33. The fourth-order valence-corrected chi connectivity index (χ4v) is 9.40. The minimum Gasteiger partial charge on any atom is -0.298 e. The van der Waals surface area contributed by atoms with Crippen molar-refractivity contribution in [2.45, 2.75) is 29.4 Å². The molecule has 0 spiro atoms. The van der Waals surface area contributed by atoms with Crippen molar-refractivity contribution in [3.8, 4) is 0 Å². The van der Waals surface area contributed by atoms with Gasteiger partial charge in [0.25, 0.3) is 0 Å². The Morgan fingerprint density at radius 3 is 1.33 bits per heavy atom.